The molecule has 0 spiro atoms. The number of rotatable bonds is 8. The van der Waals surface area contributed by atoms with E-state index in [0.29, 0.717) is 17.3 Å². The fourth-order valence-corrected chi connectivity index (χ4v) is 5.25. The highest BCUT2D eigenvalue weighted by Crippen LogP contribution is 2.37. The zero-order valence-electron chi connectivity index (χ0n) is 19.8. The van der Waals surface area contributed by atoms with Crippen LogP contribution in [0.25, 0.3) is 0 Å². The van der Waals surface area contributed by atoms with Crippen molar-refractivity contribution in [2.75, 3.05) is 31.6 Å². The maximum Gasteiger partial charge on any atom is 0.417 e. The minimum Gasteiger partial charge on any atom is -0.384 e. The Morgan fingerprint density at radius 3 is 2.30 bits per heavy atom. The Bertz CT molecular complexity index is 1280. The van der Waals surface area contributed by atoms with Crippen molar-refractivity contribution in [2.45, 2.75) is 30.5 Å². The summed E-state index contributed by atoms with van der Waals surface area (Å²) in [7, 11) is -4.42. The minimum atomic E-state index is -4.97. The number of anilines is 1. The van der Waals surface area contributed by atoms with Gasteiger partial charge in [-0.25, -0.2) is 8.42 Å². The SMILES string of the molecule is CC(NC(=O)CC(=O)Nc1ccc(C(=N)N)cc1)c1ccc(S(=O)(=O)N2CCOCC2)c(C(F)(F)F)c1. The highest BCUT2D eigenvalue weighted by atomic mass is 32.2. The molecular formula is C23H26F3N5O5S. The van der Waals surface area contributed by atoms with Crippen LogP contribution in [0.3, 0.4) is 0 Å². The van der Waals surface area contributed by atoms with E-state index in [-0.39, 0.29) is 37.7 Å². The molecule has 1 atom stereocenters. The van der Waals surface area contributed by atoms with E-state index in [0.717, 1.165) is 10.4 Å². The monoisotopic (exact) mass is 541 g/mol. The number of nitrogens with zero attached hydrogens (tertiary/aromatic N) is 1. The lowest BCUT2D eigenvalue weighted by Crippen LogP contribution is -2.41. The van der Waals surface area contributed by atoms with E-state index in [1.807, 2.05) is 0 Å². The molecule has 1 unspecified atom stereocenters. The molecule has 1 saturated heterocycles. The molecule has 0 aliphatic carbocycles. The summed E-state index contributed by atoms with van der Waals surface area (Å²) in [6.45, 7) is 1.47. The number of hydrogen-bond donors (Lipinski definition) is 4. The van der Waals surface area contributed by atoms with E-state index >= 15 is 0 Å². The van der Waals surface area contributed by atoms with Gasteiger partial charge in [-0.05, 0) is 48.9 Å². The predicted molar refractivity (Wildman–Crippen MR) is 128 cm³/mol. The summed E-state index contributed by atoms with van der Waals surface area (Å²) < 4.78 is 73.3. The number of nitrogen functional groups attached to an aromatic ring is 1. The van der Waals surface area contributed by atoms with Gasteiger partial charge >= 0.3 is 6.18 Å². The third-order valence-electron chi connectivity index (χ3n) is 5.58. The van der Waals surface area contributed by atoms with Gasteiger partial charge in [0.25, 0.3) is 0 Å². The highest BCUT2D eigenvalue weighted by molar-refractivity contribution is 7.89. The number of amidine groups is 1. The quantitative estimate of drug-likeness (QED) is 0.228. The largest absolute Gasteiger partial charge is 0.417 e. The maximum absolute atomic E-state index is 13.8. The summed E-state index contributed by atoms with van der Waals surface area (Å²) >= 11 is 0. The summed E-state index contributed by atoms with van der Waals surface area (Å²) in [5.41, 5.74) is 4.85. The second-order valence-corrected chi connectivity index (χ2v) is 10.2. The van der Waals surface area contributed by atoms with Crippen LogP contribution < -0.4 is 16.4 Å². The van der Waals surface area contributed by atoms with Crippen LogP contribution >= 0.6 is 0 Å². The van der Waals surface area contributed by atoms with Crippen molar-refractivity contribution in [2.24, 2.45) is 5.73 Å². The van der Waals surface area contributed by atoms with E-state index in [1.54, 1.807) is 0 Å². The number of sulfonamides is 1. The maximum atomic E-state index is 13.8. The highest BCUT2D eigenvalue weighted by Gasteiger charge is 2.40. The van der Waals surface area contributed by atoms with Gasteiger partial charge in [-0.3, -0.25) is 15.0 Å². The molecule has 10 nitrogen and oxygen atoms in total. The van der Waals surface area contributed by atoms with Crippen LogP contribution in [0.1, 0.15) is 36.1 Å². The number of halogens is 3. The summed E-state index contributed by atoms with van der Waals surface area (Å²) in [6, 6.07) is 7.85. The van der Waals surface area contributed by atoms with Crippen LogP contribution in [0.4, 0.5) is 18.9 Å². The molecule has 2 amide bonds. The van der Waals surface area contributed by atoms with Gasteiger partial charge in [0.15, 0.2) is 0 Å². The topological polar surface area (TPSA) is 155 Å². The minimum absolute atomic E-state index is 0.0156. The normalized spacial score (nSPS) is 15.6. The van der Waals surface area contributed by atoms with Crippen LogP contribution in [0.2, 0.25) is 0 Å². The van der Waals surface area contributed by atoms with Crippen LogP contribution in [0, 0.1) is 5.41 Å². The van der Waals surface area contributed by atoms with Gasteiger partial charge in [0.2, 0.25) is 21.8 Å². The molecule has 1 fully saturated rings. The molecule has 200 valence electrons. The molecule has 5 N–H and O–H groups in total. The molecule has 2 aromatic rings. The molecule has 0 bridgehead atoms. The van der Waals surface area contributed by atoms with E-state index < -0.39 is 50.9 Å². The molecule has 1 aliphatic rings. The Morgan fingerprint density at radius 2 is 1.73 bits per heavy atom. The van der Waals surface area contributed by atoms with Crippen molar-refractivity contribution >= 4 is 33.4 Å². The number of hydrogen-bond acceptors (Lipinski definition) is 6. The fraction of sp³-hybridized carbons (Fsp3) is 0.348. The van der Waals surface area contributed by atoms with Gasteiger partial charge in [-0.1, -0.05) is 6.07 Å². The standard InChI is InChI=1S/C23H26F3N5O5S/c1-14(29-20(32)13-21(33)30-17-5-2-15(3-6-17)22(27)28)16-4-7-19(18(12-16)23(24,25)26)37(34,35)31-8-10-36-11-9-31/h2-7,12,14H,8-11,13H2,1H3,(H3,27,28)(H,29,32)(H,30,33). The average Bonchev–Trinajstić information content (AvgIpc) is 2.83. The molecule has 1 heterocycles. The number of morpholine rings is 1. The Labute approximate surface area is 211 Å². The molecule has 0 aromatic heterocycles. The molecule has 0 saturated carbocycles. The van der Waals surface area contributed by atoms with Crippen molar-refractivity contribution in [3.05, 3.63) is 59.2 Å². The summed E-state index contributed by atoms with van der Waals surface area (Å²) in [5.74, 6) is -1.56. The van der Waals surface area contributed by atoms with Crippen LogP contribution in [-0.2, 0) is 30.5 Å². The number of carbonyl (C=O) groups excluding carboxylic acids is 2. The number of amides is 2. The van der Waals surface area contributed by atoms with Gasteiger partial charge < -0.3 is 21.1 Å². The first-order valence-electron chi connectivity index (χ1n) is 11.1. The number of alkyl halides is 3. The Hall–Kier alpha value is -3.49. The van der Waals surface area contributed by atoms with Gasteiger partial charge in [-0.2, -0.15) is 17.5 Å². The molecule has 2 aromatic carbocycles. The lowest BCUT2D eigenvalue weighted by atomic mass is 10.0. The van der Waals surface area contributed by atoms with Gasteiger partial charge in [0, 0.05) is 24.3 Å². The van der Waals surface area contributed by atoms with Crippen molar-refractivity contribution in [1.82, 2.24) is 9.62 Å². The van der Waals surface area contributed by atoms with Gasteiger partial charge in [0.05, 0.1) is 29.7 Å². The van der Waals surface area contributed by atoms with Crippen molar-refractivity contribution in [3.63, 3.8) is 0 Å². The molecule has 37 heavy (non-hydrogen) atoms. The van der Waals surface area contributed by atoms with E-state index in [1.165, 1.54) is 37.3 Å². The third kappa shape index (κ3) is 7.05. The Balaban J connectivity index is 1.70. The van der Waals surface area contributed by atoms with Crippen molar-refractivity contribution in [1.29, 1.82) is 5.41 Å². The van der Waals surface area contributed by atoms with E-state index in [4.69, 9.17) is 15.9 Å². The number of nitrogens with one attached hydrogen (secondary N) is 3. The first kappa shape index (κ1) is 28.1. The van der Waals surface area contributed by atoms with E-state index in [9.17, 15) is 31.2 Å². The summed E-state index contributed by atoms with van der Waals surface area (Å²) in [4.78, 5) is 23.6. The molecule has 1 aliphatic heterocycles. The smallest absolute Gasteiger partial charge is 0.384 e. The number of ether oxygens (including phenoxy) is 1. The Kier molecular flexibility index (Phi) is 8.56. The zero-order chi connectivity index (χ0) is 27.4. The number of nitrogens with two attached hydrogens (primary N) is 1. The molecule has 3 rings (SSSR count). The lowest BCUT2D eigenvalue weighted by molar-refractivity contribution is -0.140. The molecule has 0 radical (unpaired) electrons. The van der Waals surface area contributed by atoms with Crippen LogP contribution in [0.5, 0.6) is 0 Å². The van der Waals surface area contributed by atoms with Crippen molar-refractivity contribution in [3.8, 4) is 0 Å². The summed E-state index contributed by atoms with van der Waals surface area (Å²) in [6.07, 6.45) is -5.57. The van der Waals surface area contributed by atoms with Crippen LogP contribution in [0.15, 0.2) is 47.4 Å². The van der Waals surface area contributed by atoms with Crippen LogP contribution in [-0.4, -0.2) is 56.7 Å². The summed E-state index contributed by atoms with van der Waals surface area (Å²) in [5, 5.41) is 12.3. The van der Waals surface area contributed by atoms with Gasteiger partial charge in [0.1, 0.15) is 12.3 Å². The second kappa shape index (κ2) is 11.3. The first-order chi connectivity index (χ1) is 17.3. The predicted octanol–water partition coefficient (Wildman–Crippen LogP) is 2.22. The second-order valence-electron chi connectivity index (χ2n) is 8.27. The first-order valence-corrected chi connectivity index (χ1v) is 12.6. The Morgan fingerprint density at radius 1 is 1.11 bits per heavy atom. The van der Waals surface area contributed by atoms with Gasteiger partial charge in [-0.15, -0.1) is 0 Å². The fourth-order valence-electron chi connectivity index (χ4n) is 3.65. The molecule has 14 heteroatoms. The molecular weight excluding hydrogens is 515 g/mol. The van der Waals surface area contributed by atoms with Crippen molar-refractivity contribution < 1.29 is 35.9 Å². The number of benzene rings is 2. The third-order valence-corrected chi connectivity index (χ3v) is 7.53. The van der Waals surface area contributed by atoms with E-state index in [2.05, 4.69) is 10.6 Å². The zero-order valence-corrected chi connectivity index (χ0v) is 20.6. The number of carbonyl (C=O) groups is 2. The average molecular weight is 542 g/mol. The lowest BCUT2D eigenvalue weighted by Gasteiger charge is -2.27.